The molecule has 2 heterocycles. The Labute approximate surface area is 128 Å². The quantitative estimate of drug-likeness (QED) is 0.874. The first-order valence-electron chi connectivity index (χ1n) is 6.95. The van der Waals surface area contributed by atoms with Gasteiger partial charge in [0.05, 0.1) is 22.7 Å². The zero-order valence-corrected chi connectivity index (χ0v) is 13.7. The molecule has 0 aromatic carbocycles. The van der Waals surface area contributed by atoms with E-state index in [1.54, 1.807) is 0 Å². The number of anilines is 1. The van der Waals surface area contributed by atoms with Crippen LogP contribution in [0.15, 0.2) is 17.0 Å². The molecule has 0 fully saturated rings. The molecule has 0 saturated carbocycles. The largest absolute Gasteiger partial charge is 0.369 e. The zero-order valence-electron chi connectivity index (χ0n) is 12.1. The lowest BCUT2D eigenvalue weighted by molar-refractivity contribution is 0.681. The second-order valence-electron chi connectivity index (χ2n) is 4.69. The fourth-order valence-corrected chi connectivity index (χ4v) is 2.28. The van der Waals surface area contributed by atoms with Crippen molar-refractivity contribution in [2.45, 2.75) is 40.2 Å². The van der Waals surface area contributed by atoms with Gasteiger partial charge < -0.3 is 9.88 Å². The van der Waals surface area contributed by atoms with Crippen LogP contribution in [0.5, 0.6) is 0 Å². The maximum atomic E-state index is 4.63. The predicted octanol–water partition coefficient (Wildman–Crippen LogP) is 3.64. The summed E-state index contributed by atoms with van der Waals surface area (Å²) in [6.07, 6.45) is 5.76. The Hall–Kier alpha value is -1.43. The molecular formula is C14H20BrN5. The van der Waals surface area contributed by atoms with Crippen molar-refractivity contribution in [3.05, 3.63) is 22.7 Å². The van der Waals surface area contributed by atoms with Crippen LogP contribution in [0.4, 0.5) is 5.82 Å². The molecule has 2 aromatic heterocycles. The third kappa shape index (κ3) is 3.17. The summed E-state index contributed by atoms with van der Waals surface area (Å²) in [4.78, 5) is 13.4. The van der Waals surface area contributed by atoms with E-state index in [2.05, 4.69) is 54.6 Å². The number of hydrogen-bond donors (Lipinski definition) is 1. The smallest absolute Gasteiger partial charge is 0.180 e. The van der Waals surface area contributed by atoms with Gasteiger partial charge in [0.1, 0.15) is 11.5 Å². The average molecular weight is 338 g/mol. The molecule has 0 saturated heterocycles. The van der Waals surface area contributed by atoms with Crippen molar-refractivity contribution in [3.8, 4) is 11.5 Å². The van der Waals surface area contributed by atoms with Crippen LogP contribution >= 0.6 is 15.9 Å². The number of nitrogens with one attached hydrogen (secondary N) is 1. The first-order chi connectivity index (χ1) is 9.67. The minimum absolute atomic E-state index is 0.718. The number of nitrogens with zero attached hydrogens (tertiary/aromatic N) is 4. The van der Waals surface area contributed by atoms with Crippen LogP contribution in [0.1, 0.15) is 32.4 Å². The van der Waals surface area contributed by atoms with Gasteiger partial charge in [0, 0.05) is 13.1 Å². The maximum absolute atomic E-state index is 4.63. The Bertz CT molecular complexity index is 579. The normalized spacial score (nSPS) is 10.8. The van der Waals surface area contributed by atoms with Gasteiger partial charge in [0.25, 0.3) is 0 Å². The fraction of sp³-hybridized carbons (Fsp3) is 0.500. The van der Waals surface area contributed by atoms with E-state index in [1.165, 1.54) is 0 Å². The van der Waals surface area contributed by atoms with Crippen molar-refractivity contribution < 1.29 is 0 Å². The van der Waals surface area contributed by atoms with Crippen LogP contribution in [0.2, 0.25) is 0 Å². The van der Waals surface area contributed by atoms with E-state index in [4.69, 9.17) is 0 Å². The second-order valence-corrected chi connectivity index (χ2v) is 5.49. The molecule has 6 heteroatoms. The van der Waals surface area contributed by atoms with Gasteiger partial charge in [-0.2, -0.15) is 0 Å². The predicted molar refractivity (Wildman–Crippen MR) is 84.8 cm³/mol. The van der Waals surface area contributed by atoms with Crippen LogP contribution in [0, 0.1) is 6.92 Å². The Morgan fingerprint density at radius 2 is 2.05 bits per heavy atom. The summed E-state index contributed by atoms with van der Waals surface area (Å²) >= 11 is 3.55. The van der Waals surface area contributed by atoms with Crippen LogP contribution in [-0.4, -0.2) is 26.1 Å². The number of hydrogen-bond acceptors (Lipinski definition) is 4. The number of aryl methyl sites for hydroxylation is 2. The summed E-state index contributed by atoms with van der Waals surface area (Å²) in [6.45, 7) is 8.07. The molecule has 0 amide bonds. The van der Waals surface area contributed by atoms with Gasteiger partial charge in [-0.05, 0) is 35.7 Å². The Morgan fingerprint density at radius 3 is 2.75 bits per heavy atom. The van der Waals surface area contributed by atoms with Crippen LogP contribution in [0.25, 0.3) is 11.5 Å². The Kier molecular flexibility index (Phi) is 5.11. The molecule has 0 aliphatic rings. The highest BCUT2D eigenvalue weighted by Crippen LogP contribution is 2.26. The molecule has 20 heavy (non-hydrogen) atoms. The first kappa shape index (κ1) is 15.0. The molecular weight excluding hydrogens is 318 g/mol. The molecule has 0 bridgehead atoms. The Balaban J connectivity index is 2.41. The lowest BCUT2D eigenvalue weighted by Gasteiger charge is -2.11. The lowest BCUT2D eigenvalue weighted by atomic mass is 10.3. The van der Waals surface area contributed by atoms with E-state index in [-0.39, 0.29) is 0 Å². The van der Waals surface area contributed by atoms with Gasteiger partial charge in [-0.3, -0.25) is 0 Å². The van der Waals surface area contributed by atoms with Crippen LogP contribution in [0.3, 0.4) is 0 Å². The third-order valence-electron chi connectivity index (χ3n) is 2.97. The second kappa shape index (κ2) is 6.83. The van der Waals surface area contributed by atoms with Gasteiger partial charge in [-0.1, -0.05) is 13.8 Å². The molecule has 0 aliphatic heterocycles. The Morgan fingerprint density at radius 1 is 1.25 bits per heavy atom. The molecule has 2 rings (SSSR count). The minimum Gasteiger partial charge on any atom is -0.369 e. The summed E-state index contributed by atoms with van der Waals surface area (Å²) < 4.78 is 3.02. The highest BCUT2D eigenvalue weighted by atomic mass is 79.9. The SMILES string of the molecule is CCCNc1nc(-c2cncn2CCC)nc(C)c1Br. The van der Waals surface area contributed by atoms with E-state index >= 15 is 0 Å². The molecule has 1 N–H and O–H groups in total. The van der Waals surface area contributed by atoms with Crippen molar-refractivity contribution in [3.63, 3.8) is 0 Å². The highest BCUT2D eigenvalue weighted by molar-refractivity contribution is 9.10. The number of rotatable bonds is 6. The summed E-state index contributed by atoms with van der Waals surface area (Å²) in [6, 6.07) is 0. The maximum Gasteiger partial charge on any atom is 0.180 e. The summed E-state index contributed by atoms with van der Waals surface area (Å²) in [5.74, 6) is 1.56. The van der Waals surface area contributed by atoms with Crippen LogP contribution < -0.4 is 5.32 Å². The van der Waals surface area contributed by atoms with Gasteiger partial charge >= 0.3 is 0 Å². The van der Waals surface area contributed by atoms with Crippen molar-refractivity contribution >= 4 is 21.7 Å². The fourth-order valence-electron chi connectivity index (χ4n) is 1.96. The molecule has 2 aromatic rings. The average Bonchev–Trinajstić information content (AvgIpc) is 2.89. The molecule has 0 unspecified atom stereocenters. The van der Waals surface area contributed by atoms with Gasteiger partial charge in [-0.15, -0.1) is 0 Å². The van der Waals surface area contributed by atoms with Crippen molar-refractivity contribution in [1.29, 1.82) is 0 Å². The molecule has 108 valence electrons. The molecule has 0 spiro atoms. The van der Waals surface area contributed by atoms with E-state index in [0.717, 1.165) is 53.4 Å². The third-order valence-corrected chi connectivity index (χ3v) is 3.91. The van der Waals surface area contributed by atoms with E-state index in [9.17, 15) is 0 Å². The monoisotopic (exact) mass is 337 g/mol. The number of halogens is 1. The summed E-state index contributed by atoms with van der Waals surface area (Å²) in [5, 5.41) is 3.33. The topological polar surface area (TPSA) is 55.6 Å². The van der Waals surface area contributed by atoms with E-state index in [1.807, 2.05) is 19.4 Å². The molecule has 0 atom stereocenters. The summed E-state index contributed by atoms with van der Waals surface area (Å²) in [7, 11) is 0. The number of imidazole rings is 1. The van der Waals surface area contributed by atoms with Crippen molar-refractivity contribution in [2.24, 2.45) is 0 Å². The van der Waals surface area contributed by atoms with Gasteiger partial charge in [0.2, 0.25) is 0 Å². The minimum atomic E-state index is 0.718. The van der Waals surface area contributed by atoms with E-state index in [0.29, 0.717) is 0 Å². The van der Waals surface area contributed by atoms with E-state index < -0.39 is 0 Å². The van der Waals surface area contributed by atoms with Crippen LogP contribution in [-0.2, 0) is 6.54 Å². The van der Waals surface area contributed by atoms with Gasteiger partial charge in [0.15, 0.2) is 5.82 Å². The molecule has 5 nitrogen and oxygen atoms in total. The highest BCUT2D eigenvalue weighted by Gasteiger charge is 2.13. The molecule has 0 aliphatic carbocycles. The van der Waals surface area contributed by atoms with Crippen molar-refractivity contribution in [1.82, 2.24) is 19.5 Å². The molecule has 0 radical (unpaired) electrons. The first-order valence-corrected chi connectivity index (χ1v) is 7.75. The summed E-state index contributed by atoms with van der Waals surface area (Å²) in [5.41, 5.74) is 1.89. The standard InChI is InChI=1S/C14H20BrN5/c1-4-6-17-14-12(15)10(3)18-13(19-14)11-8-16-9-20(11)7-5-2/h8-9H,4-7H2,1-3H3,(H,17,18,19). The lowest BCUT2D eigenvalue weighted by Crippen LogP contribution is -2.07. The van der Waals surface area contributed by atoms with Gasteiger partial charge in [-0.25, -0.2) is 15.0 Å². The zero-order chi connectivity index (χ0) is 14.5. The number of aromatic nitrogens is 4. The van der Waals surface area contributed by atoms with Crippen molar-refractivity contribution in [2.75, 3.05) is 11.9 Å².